The molecule has 0 aliphatic heterocycles. The van der Waals surface area contributed by atoms with E-state index in [0.717, 1.165) is 29.8 Å². The molecule has 1 saturated carbocycles. The fourth-order valence-electron chi connectivity index (χ4n) is 3.90. The van der Waals surface area contributed by atoms with Crippen LogP contribution in [0.1, 0.15) is 25.7 Å². The van der Waals surface area contributed by atoms with Crippen molar-refractivity contribution in [1.82, 2.24) is 19.6 Å². The Bertz CT molecular complexity index is 901. The predicted molar refractivity (Wildman–Crippen MR) is 104 cm³/mol. The minimum atomic E-state index is -0.429. The number of nitrogens with zero attached hydrogens (tertiary/aromatic N) is 4. The molecule has 1 fully saturated rings. The summed E-state index contributed by atoms with van der Waals surface area (Å²) in [5.41, 5.74) is 2.47. The van der Waals surface area contributed by atoms with Crippen molar-refractivity contribution >= 4 is 11.6 Å². The number of aliphatic hydroxyl groups is 1. The van der Waals surface area contributed by atoms with E-state index in [0.29, 0.717) is 23.2 Å². The first-order chi connectivity index (χ1) is 13.2. The average molecular weight is 387 g/mol. The number of methoxy groups -OCH3 is 1. The summed E-state index contributed by atoms with van der Waals surface area (Å²) in [6.45, 7) is 0.428. The normalized spacial score (nSPS) is 16.0. The van der Waals surface area contributed by atoms with E-state index < -0.39 is 6.10 Å². The van der Waals surface area contributed by atoms with Crippen LogP contribution in [0.5, 0.6) is 5.75 Å². The highest BCUT2D eigenvalue weighted by Crippen LogP contribution is 2.37. The van der Waals surface area contributed by atoms with Gasteiger partial charge in [-0.3, -0.25) is 4.68 Å². The number of aliphatic hydroxyl groups excluding tert-OH is 1. The molecule has 1 atom stereocenters. The maximum atomic E-state index is 10.8. The third-order valence-corrected chi connectivity index (χ3v) is 5.53. The molecule has 2 aromatic heterocycles. The first-order valence-corrected chi connectivity index (χ1v) is 9.63. The lowest BCUT2D eigenvalue weighted by Gasteiger charge is -2.20. The van der Waals surface area contributed by atoms with Gasteiger partial charge in [0.05, 0.1) is 31.6 Å². The molecule has 1 unspecified atom stereocenters. The van der Waals surface area contributed by atoms with Crippen LogP contribution in [0.3, 0.4) is 0 Å². The van der Waals surface area contributed by atoms with Gasteiger partial charge in [-0.15, -0.1) is 0 Å². The highest BCUT2D eigenvalue weighted by atomic mass is 35.5. The van der Waals surface area contributed by atoms with Crippen molar-refractivity contribution in [3.8, 4) is 22.7 Å². The standard InChI is InChI=1S/C20H23ClN4O2/c1-27-19-8-7-15(21)11-16(19)20-17(24-10-4-9-22-24)12-23-25(20)13-18(26)14-5-2-3-6-14/h4,7-12,14,18,26H,2-3,5-6,13H2,1H3. The molecule has 3 aromatic rings. The summed E-state index contributed by atoms with van der Waals surface area (Å²) in [4.78, 5) is 0. The third kappa shape index (κ3) is 3.59. The Morgan fingerprint density at radius 1 is 1.30 bits per heavy atom. The van der Waals surface area contributed by atoms with Crippen LogP contribution in [-0.2, 0) is 6.54 Å². The van der Waals surface area contributed by atoms with Gasteiger partial charge in [0.1, 0.15) is 11.4 Å². The Hall–Kier alpha value is -2.31. The number of hydrogen-bond acceptors (Lipinski definition) is 4. The second-order valence-electron chi connectivity index (χ2n) is 6.97. The zero-order valence-electron chi connectivity index (χ0n) is 15.3. The summed E-state index contributed by atoms with van der Waals surface area (Å²) >= 11 is 6.27. The molecule has 27 heavy (non-hydrogen) atoms. The number of ether oxygens (including phenoxy) is 1. The van der Waals surface area contributed by atoms with Gasteiger partial charge in [-0.2, -0.15) is 10.2 Å². The van der Waals surface area contributed by atoms with Crippen LogP contribution in [0.25, 0.3) is 16.9 Å². The maximum Gasteiger partial charge on any atom is 0.128 e. The molecule has 0 spiro atoms. The zero-order valence-corrected chi connectivity index (χ0v) is 16.0. The molecule has 1 aromatic carbocycles. The minimum Gasteiger partial charge on any atom is -0.496 e. The molecule has 1 aliphatic carbocycles. The van der Waals surface area contributed by atoms with E-state index in [-0.39, 0.29) is 0 Å². The first-order valence-electron chi connectivity index (χ1n) is 9.25. The van der Waals surface area contributed by atoms with Gasteiger partial charge in [0.15, 0.2) is 0 Å². The van der Waals surface area contributed by atoms with E-state index >= 15 is 0 Å². The van der Waals surface area contributed by atoms with Crippen molar-refractivity contribution in [1.29, 1.82) is 0 Å². The molecule has 0 bridgehead atoms. The van der Waals surface area contributed by atoms with E-state index in [4.69, 9.17) is 16.3 Å². The van der Waals surface area contributed by atoms with Gasteiger partial charge in [-0.05, 0) is 43.0 Å². The van der Waals surface area contributed by atoms with Crippen LogP contribution < -0.4 is 4.74 Å². The van der Waals surface area contributed by atoms with Crippen LogP contribution in [0.15, 0.2) is 42.9 Å². The highest BCUT2D eigenvalue weighted by Gasteiger charge is 2.26. The van der Waals surface area contributed by atoms with Gasteiger partial charge in [-0.25, -0.2) is 4.68 Å². The smallest absolute Gasteiger partial charge is 0.128 e. The first kappa shape index (κ1) is 18.1. The Labute approximate surface area is 163 Å². The molecule has 0 amide bonds. The van der Waals surface area contributed by atoms with Gasteiger partial charge in [0, 0.05) is 23.0 Å². The lowest BCUT2D eigenvalue weighted by Crippen LogP contribution is -2.25. The quantitative estimate of drug-likeness (QED) is 0.696. The molecule has 6 nitrogen and oxygen atoms in total. The van der Waals surface area contributed by atoms with E-state index in [1.54, 1.807) is 30.3 Å². The van der Waals surface area contributed by atoms with Crippen molar-refractivity contribution in [2.45, 2.75) is 38.3 Å². The van der Waals surface area contributed by atoms with Gasteiger partial charge in [0.25, 0.3) is 0 Å². The van der Waals surface area contributed by atoms with Crippen LogP contribution in [0, 0.1) is 5.92 Å². The lowest BCUT2D eigenvalue weighted by molar-refractivity contribution is 0.0899. The summed E-state index contributed by atoms with van der Waals surface area (Å²) in [5, 5.41) is 20.3. The molecule has 142 valence electrons. The number of aromatic nitrogens is 4. The molecule has 7 heteroatoms. The number of rotatable bonds is 6. The summed E-state index contributed by atoms with van der Waals surface area (Å²) < 4.78 is 9.17. The van der Waals surface area contributed by atoms with Gasteiger partial charge < -0.3 is 9.84 Å². The minimum absolute atomic E-state index is 0.330. The van der Waals surface area contributed by atoms with Crippen molar-refractivity contribution < 1.29 is 9.84 Å². The van der Waals surface area contributed by atoms with Crippen molar-refractivity contribution in [2.24, 2.45) is 5.92 Å². The molecule has 0 saturated heterocycles. The average Bonchev–Trinajstić information content (AvgIpc) is 3.42. The fourth-order valence-corrected chi connectivity index (χ4v) is 4.08. The number of benzene rings is 1. The lowest BCUT2D eigenvalue weighted by atomic mass is 10.0. The van der Waals surface area contributed by atoms with Crippen LogP contribution in [0.4, 0.5) is 0 Å². The summed E-state index contributed by atoms with van der Waals surface area (Å²) in [5.74, 6) is 1.03. The highest BCUT2D eigenvalue weighted by molar-refractivity contribution is 6.31. The predicted octanol–water partition coefficient (Wildman–Crippen LogP) is 3.95. The fraction of sp³-hybridized carbons (Fsp3) is 0.400. The third-order valence-electron chi connectivity index (χ3n) is 5.29. The van der Waals surface area contributed by atoms with Crippen molar-refractivity contribution in [2.75, 3.05) is 7.11 Å². The monoisotopic (exact) mass is 386 g/mol. The maximum absolute atomic E-state index is 10.8. The van der Waals surface area contributed by atoms with Gasteiger partial charge >= 0.3 is 0 Å². The zero-order chi connectivity index (χ0) is 18.8. The second kappa shape index (κ2) is 7.74. The second-order valence-corrected chi connectivity index (χ2v) is 7.40. The Morgan fingerprint density at radius 3 is 2.81 bits per heavy atom. The largest absolute Gasteiger partial charge is 0.496 e. The Kier molecular flexibility index (Phi) is 5.18. The molecule has 2 heterocycles. The number of hydrogen-bond donors (Lipinski definition) is 1. The molecule has 0 radical (unpaired) electrons. The molecule has 1 N–H and O–H groups in total. The van der Waals surface area contributed by atoms with Crippen molar-refractivity contribution in [3.05, 3.63) is 47.9 Å². The van der Waals surface area contributed by atoms with Crippen LogP contribution >= 0.6 is 11.6 Å². The summed E-state index contributed by atoms with van der Waals surface area (Å²) in [7, 11) is 1.63. The topological polar surface area (TPSA) is 65.1 Å². The summed E-state index contributed by atoms with van der Waals surface area (Å²) in [6, 6.07) is 7.37. The summed E-state index contributed by atoms with van der Waals surface area (Å²) in [6.07, 6.45) is 9.46. The Morgan fingerprint density at radius 2 is 2.11 bits per heavy atom. The van der Waals surface area contributed by atoms with Crippen LogP contribution in [0.2, 0.25) is 5.02 Å². The van der Waals surface area contributed by atoms with E-state index in [2.05, 4.69) is 10.2 Å². The molecular formula is C20H23ClN4O2. The number of halogens is 1. The van der Waals surface area contributed by atoms with Gasteiger partial charge in [-0.1, -0.05) is 24.4 Å². The Balaban J connectivity index is 1.80. The molecular weight excluding hydrogens is 364 g/mol. The van der Waals surface area contributed by atoms with Crippen molar-refractivity contribution in [3.63, 3.8) is 0 Å². The molecule has 1 aliphatic rings. The van der Waals surface area contributed by atoms with E-state index in [1.165, 1.54) is 12.8 Å². The van der Waals surface area contributed by atoms with E-state index in [9.17, 15) is 5.11 Å². The molecule has 4 rings (SSSR count). The van der Waals surface area contributed by atoms with Gasteiger partial charge in [0.2, 0.25) is 0 Å². The van der Waals surface area contributed by atoms with Crippen LogP contribution in [-0.4, -0.2) is 37.9 Å². The SMILES string of the molecule is COc1ccc(Cl)cc1-c1c(-n2cccn2)cnn1CC(O)C1CCCC1. The van der Waals surface area contributed by atoms with E-state index in [1.807, 2.05) is 29.1 Å².